The molecular formula is C15H15N3O3. The van der Waals surface area contributed by atoms with E-state index >= 15 is 0 Å². The van der Waals surface area contributed by atoms with Gasteiger partial charge in [-0.3, -0.25) is 4.98 Å². The second-order valence-corrected chi connectivity index (χ2v) is 4.66. The molecule has 0 aliphatic rings. The zero-order valence-corrected chi connectivity index (χ0v) is 11.4. The number of ether oxygens (including phenoxy) is 1. The van der Waals surface area contributed by atoms with E-state index < -0.39 is 12.2 Å². The van der Waals surface area contributed by atoms with Crippen molar-refractivity contribution in [2.45, 2.75) is 12.2 Å². The molecule has 0 radical (unpaired) electrons. The standard InChI is InChI=1S/C15H15N3O3/c1-21-12-3-2-11-13(18-12)10(5-7-17-11)15(20)14(19)9-4-6-16-8-9/h2-8,14-16,19-20H,1H3/t14-,15-/m1/s1. The fourth-order valence-corrected chi connectivity index (χ4v) is 2.25. The third-order valence-electron chi connectivity index (χ3n) is 3.38. The molecule has 0 unspecified atom stereocenters. The van der Waals surface area contributed by atoms with Gasteiger partial charge in [-0.05, 0) is 18.2 Å². The Bertz CT molecular complexity index is 743. The van der Waals surface area contributed by atoms with Crippen molar-refractivity contribution in [2.24, 2.45) is 0 Å². The summed E-state index contributed by atoms with van der Waals surface area (Å²) in [4.78, 5) is 11.4. The summed E-state index contributed by atoms with van der Waals surface area (Å²) < 4.78 is 5.10. The van der Waals surface area contributed by atoms with Crippen LogP contribution in [0.4, 0.5) is 0 Å². The van der Waals surface area contributed by atoms with Gasteiger partial charge in [0.15, 0.2) is 0 Å². The van der Waals surface area contributed by atoms with E-state index in [9.17, 15) is 10.2 Å². The van der Waals surface area contributed by atoms with Crippen molar-refractivity contribution in [1.82, 2.24) is 15.0 Å². The summed E-state index contributed by atoms with van der Waals surface area (Å²) in [5, 5.41) is 20.7. The summed E-state index contributed by atoms with van der Waals surface area (Å²) in [6.45, 7) is 0. The predicted octanol–water partition coefficient (Wildman–Crippen LogP) is 1.73. The van der Waals surface area contributed by atoms with Gasteiger partial charge in [-0.1, -0.05) is 0 Å². The van der Waals surface area contributed by atoms with E-state index in [-0.39, 0.29) is 0 Å². The lowest BCUT2D eigenvalue weighted by Crippen LogP contribution is -2.11. The third-order valence-corrected chi connectivity index (χ3v) is 3.38. The van der Waals surface area contributed by atoms with E-state index in [2.05, 4.69) is 15.0 Å². The second kappa shape index (κ2) is 5.51. The van der Waals surface area contributed by atoms with Crippen molar-refractivity contribution < 1.29 is 14.9 Å². The quantitative estimate of drug-likeness (QED) is 0.679. The lowest BCUT2D eigenvalue weighted by atomic mass is 9.99. The maximum absolute atomic E-state index is 10.4. The van der Waals surface area contributed by atoms with Crippen LogP contribution >= 0.6 is 0 Å². The van der Waals surface area contributed by atoms with Crippen LogP contribution in [0, 0.1) is 0 Å². The second-order valence-electron chi connectivity index (χ2n) is 4.66. The molecule has 0 aromatic carbocycles. The van der Waals surface area contributed by atoms with Crippen LogP contribution in [0.15, 0.2) is 42.9 Å². The molecule has 0 spiro atoms. The molecule has 0 bridgehead atoms. The van der Waals surface area contributed by atoms with Crippen LogP contribution < -0.4 is 4.74 Å². The third kappa shape index (κ3) is 2.46. The highest BCUT2D eigenvalue weighted by Crippen LogP contribution is 2.32. The van der Waals surface area contributed by atoms with Gasteiger partial charge >= 0.3 is 0 Å². The average Bonchev–Trinajstić information content (AvgIpc) is 3.06. The Morgan fingerprint density at radius 3 is 2.71 bits per heavy atom. The van der Waals surface area contributed by atoms with Gasteiger partial charge in [0.25, 0.3) is 0 Å². The molecule has 3 aromatic rings. The molecule has 6 nitrogen and oxygen atoms in total. The molecule has 2 atom stereocenters. The number of aliphatic hydroxyl groups is 2. The summed E-state index contributed by atoms with van der Waals surface area (Å²) in [6.07, 6.45) is 2.77. The van der Waals surface area contributed by atoms with E-state index in [0.29, 0.717) is 28.0 Å². The first-order valence-electron chi connectivity index (χ1n) is 6.49. The number of fused-ring (bicyclic) bond motifs is 1. The van der Waals surface area contributed by atoms with E-state index in [0.717, 1.165) is 0 Å². The number of H-pyrrole nitrogens is 1. The normalized spacial score (nSPS) is 14.0. The highest BCUT2D eigenvalue weighted by Gasteiger charge is 2.23. The summed E-state index contributed by atoms with van der Waals surface area (Å²) in [5.74, 6) is 0.431. The number of hydrogen-bond acceptors (Lipinski definition) is 5. The van der Waals surface area contributed by atoms with Crippen molar-refractivity contribution in [2.75, 3.05) is 7.11 Å². The Morgan fingerprint density at radius 1 is 1.14 bits per heavy atom. The molecule has 0 saturated carbocycles. The fourth-order valence-electron chi connectivity index (χ4n) is 2.25. The van der Waals surface area contributed by atoms with Gasteiger partial charge in [-0.2, -0.15) is 0 Å². The number of aromatic nitrogens is 3. The van der Waals surface area contributed by atoms with Crippen molar-refractivity contribution in [3.05, 3.63) is 54.0 Å². The SMILES string of the molecule is COc1ccc2nccc([C@@H](O)[C@H](O)c3cc[nH]c3)c2n1. The van der Waals surface area contributed by atoms with Crippen molar-refractivity contribution in [1.29, 1.82) is 0 Å². The van der Waals surface area contributed by atoms with E-state index in [4.69, 9.17) is 4.74 Å². The van der Waals surface area contributed by atoms with Gasteiger partial charge in [0.05, 0.1) is 18.1 Å². The Morgan fingerprint density at radius 2 is 2.00 bits per heavy atom. The van der Waals surface area contributed by atoms with Gasteiger partial charge in [-0.15, -0.1) is 0 Å². The first kappa shape index (κ1) is 13.5. The minimum Gasteiger partial charge on any atom is -0.481 e. The Kier molecular flexibility index (Phi) is 3.55. The zero-order chi connectivity index (χ0) is 14.8. The minimum absolute atomic E-state index is 0.431. The molecule has 0 aliphatic carbocycles. The molecule has 0 saturated heterocycles. The number of nitrogens with one attached hydrogen (secondary N) is 1. The first-order valence-corrected chi connectivity index (χ1v) is 6.49. The number of nitrogens with zero attached hydrogens (tertiary/aromatic N) is 2. The molecule has 0 aliphatic heterocycles. The maximum atomic E-state index is 10.4. The average molecular weight is 285 g/mol. The number of hydrogen-bond donors (Lipinski definition) is 3. The number of methoxy groups -OCH3 is 1. The topological polar surface area (TPSA) is 91.3 Å². The fraction of sp³-hybridized carbons (Fsp3) is 0.200. The van der Waals surface area contributed by atoms with Crippen LogP contribution in [-0.2, 0) is 0 Å². The first-order chi connectivity index (χ1) is 10.2. The van der Waals surface area contributed by atoms with Crippen molar-refractivity contribution >= 4 is 11.0 Å². The zero-order valence-electron chi connectivity index (χ0n) is 11.4. The molecule has 21 heavy (non-hydrogen) atoms. The molecule has 0 amide bonds. The Labute approximate surface area is 121 Å². The number of aliphatic hydroxyl groups excluding tert-OH is 2. The van der Waals surface area contributed by atoms with E-state index in [1.54, 1.807) is 42.9 Å². The molecule has 0 fully saturated rings. The highest BCUT2D eigenvalue weighted by atomic mass is 16.5. The molecule has 3 heterocycles. The number of pyridine rings is 2. The molecule has 6 heteroatoms. The molecular weight excluding hydrogens is 270 g/mol. The van der Waals surface area contributed by atoms with Crippen molar-refractivity contribution in [3.63, 3.8) is 0 Å². The molecule has 3 N–H and O–H groups in total. The molecule has 3 rings (SSSR count). The van der Waals surface area contributed by atoms with Gasteiger partial charge in [-0.25, -0.2) is 4.98 Å². The van der Waals surface area contributed by atoms with Gasteiger partial charge < -0.3 is 19.9 Å². The van der Waals surface area contributed by atoms with Crippen LogP contribution in [-0.4, -0.2) is 32.3 Å². The summed E-state index contributed by atoms with van der Waals surface area (Å²) in [7, 11) is 1.52. The molecule has 3 aromatic heterocycles. The highest BCUT2D eigenvalue weighted by molar-refractivity contribution is 5.78. The van der Waals surface area contributed by atoms with Crippen molar-refractivity contribution in [3.8, 4) is 5.88 Å². The number of aromatic amines is 1. The summed E-state index contributed by atoms with van der Waals surface area (Å²) >= 11 is 0. The smallest absolute Gasteiger partial charge is 0.213 e. The Hall–Kier alpha value is -2.44. The Balaban J connectivity index is 2.06. The van der Waals surface area contributed by atoms with Gasteiger partial charge in [0, 0.05) is 35.8 Å². The largest absolute Gasteiger partial charge is 0.481 e. The van der Waals surface area contributed by atoms with Gasteiger partial charge in [0.2, 0.25) is 5.88 Å². The van der Waals surface area contributed by atoms with Crippen LogP contribution in [0.5, 0.6) is 5.88 Å². The minimum atomic E-state index is -1.11. The van der Waals surface area contributed by atoms with Crippen LogP contribution in [0.1, 0.15) is 23.3 Å². The molecule has 108 valence electrons. The number of rotatable bonds is 4. The van der Waals surface area contributed by atoms with Crippen LogP contribution in [0.3, 0.4) is 0 Å². The van der Waals surface area contributed by atoms with Gasteiger partial charge in [0.1, 0.15) is 12.2 Å². The lowest BCUT2D eigenvalue weighted by Gasteiger charge is -2.18. The lowest BCUT2D eigenvalue weighted by molar-refractivity contribution is 0.0181. The van der Waals surface area contributed by atoms with Crippen LogP contribution in [0.25, 0.3) is 11.0 Å². The summed E-state index contributed by atoms with van der Waals surface area (Å²) in [6, 6.07) is 6.83. The summed E-state index contributed by atoms with van der Waals surface area (Å²) in [5.41, 5.74) is 2.26. The van der Waals surface area contributed by atoms with E-state index in [1.807, 2.05) is 0 Å². The van der Waals surface area contributed by atoms with Crippen LogP contribution in [0.2, 0.25) is 0 Å². The predicted molar refractivity (Wildman–Crippen MR) is 76.8 cm³/mol. The monoisotopic (exact) mass is 285 g/mol. The van der Waals surface area contributed by atoms with E-state index in [1.165, 1.54) is 7.11 Å². The maximum Gasteiger partial charge on any atom is 0.213 e.